The molecule has 5 nitrogen and oxygen atoms in total. The molecule has 0 saturated heterocycles. The van der Waals surface area contributed by atoms with E-state index in [4.69, 9.17) is 21.2 Å². The molecule has 4 aromatic heterocycles. The van der Waals surface area contributed by atoms with Crippen LogP contribution in [0.4, 0.5) is 0 Å². The summed E-state index contributed by atoms with van der Waals surface area (Å²) in [4.78, 5) is 14.6. The number of fused-ring (bicyclic) bond motifs is 4. The summed E-state index contributed by atoms with van der Waals surface area (Å²) in [5.41, 5.74) is 12.9. The van der Waals surface area contributed by atoms with E-state index >= 15 is 0 Å². The van der Waals surface area contributed by atoms with Crippen LogP contribution in [0.15, 0.2) is 126 Å². The van der Waals surface area contributed by atoms with Crippen molar-refractivity contribution >= 4 is 46.4 Å². The van der Waals surface area contributed by atoms with Crippen molar-refractivity contribution in [3.05, 3.63) is 162 Å². The van der Waals surface area contributed by atoms with E-state index in [1.54, 1.807) is 18.3 Å². The largest absolute Gasteiger partial charge is 0.501 e. The fraction of sp³-hybridized carbons (Fsp3) is 0.281. The molecule has 0 saturated carbocycles. The molecule has 329 valence electrons. The smallest absolute Gasteiger partial charge is 0.168 e. The van der Waals surface area contributed by atoms with Crippen LogP contribution in [0.1, 0.15) is 95.1 Å². The van der Waals surface area contributed by atoms with Gasteiger partial charge >= 0.3 is 0 Å². The van der Waals surface area contributed by atoms with E-state index in [0.29, 0.717) is 16.8 Å². The number of nitrogens with zero attached hydrogens (tertiary/aromatic N) is 4. The van der Waals surface area contributed by atoms with E-state index in [1.807, 2.05) is 58.0 Å². The van der Waals surface area contributed by atoms with Gasteiger partial charge in [0, 0.05) is 49.9 Å². The topological polar surface area (TPSA) is 56.7 Å². The van der Waals surface area contributed by atoms with Crippen molar-refractivity contribution in [2.75, 3.05) is 0 Å². The number of imidazole rings is 1. The number of aryl methyl sites for hydroxylation is 2. The molecule has 9 aromatic rings. The van der Waals surface area contributed by atoms with Gasteiger partial charge in [0.05, 0.1) is 25.0 Å². The molecule has 0 amide bonds. The average molecular weight is 1040 g/mol. The predicted octanol–water partition coefficient (Wildman–Crippen LogP) is 15.0. The maximum atomic E-state index is 8.79. The van der Waals surface area contributed by atoms with Crippen molar-refractivity contribution in [3.63, 3.8) is 0 Å². The summed E-state index contributed by atoms with van der Waals surface area (Å²) in [5.74, 6) is 1.35. The van der Waals surface area contributed by atoms with Crippen molar-refractivity contribution < 1.29 is 31.4 Å². The zero-order valence-corrected chi connectivity index (χ0v) is 42.1. The fourth-order valence-corrected chi connectivity index (χ4v) is 9.61. The number of rotatable bonds is 8. The Morgan fingerprint density at radius 2 is 1.50 bits per heavy atom. The van der Waals surface area contributed by atoms with Gasteiger partial charge in [0.15, 0.2) is 5.65 Å². The van der Waals surface area contributed by atoms with Crippen LogP contribution in [0.25, 0.3) is 72.6 Å². The van der Waals surface area contributed by atoms with Gasteiger partial charge in [-0.1, -0.05) is 146 Å². The zero-order chi connectivity index (χ0) is 49.1. The number of para-hydroxylation sites is 1. The molecule has 0 unspecified atom stereocenters. The first-order valence-electron chi connectivity index (χ1n) is 24.4. The van der Waals surface area contributed by atoms with Crippen molar-refractivity contribution in [1.82, 2.24) is 19.5 Å². The van der Waals surface area contributed by atoms with Gasteiger partial charge in [0.25, 0.3) is 0 Å². The molecule has 0 fully saturated rings. The van der Waals surface area contributed by atoms with E-state index in [1.165, 1.54) is 34.0 Å². The van der Waals surface area contributed by atoms with Crippen LogP contribution in [0, 0.1) is 31.3 Å². The molecule has 0 bridgehead atoms. The monoisotopic (exact) mass is 1040 g/mol. The third-order valence-electron chi connectivity index (χ3n) is 11.3. The minimum absolute atomic E-state index is 0. The Morgan fingerprint density at radius 1 is 0.797 bits per heavy atom. The van der Waals surface area contributed by atoms with Gasteiger partial charge in [-0.25, -0.2) is 4.98 Å². The van der Waals surface area contributed by atoms with Crippen molar-refractivity contribution in [2.24, 2.45) is 5.41 Å². The SMILES string of the molecule is Cc1ccc2c(n1)nc(-c1[c-]ccc3c1oc1ccccc13)n2-c1c(C(C)C)cc(-c2ccccc2)cc1C(C)C.[2H]C([2H])([2H])c1c[c-]c(-c2cc(C([2H])([2H])C(C)(C)C)c([Si](C)(C)C)cn2)cc1.[Ir]. The van der Waals surface area contributed by atoms with Gasteiger partial charge in [-0.15, -0.1) is 53.6 Å². The maximum absolute atomic E-state index is 8.79. The third kappa shape index (κ3) is 9.63. The van der Waals surface area contributed by atoms with Gasteiger partial charge in [0.2, 0.25) is 0 Å². The van der Waals surface area contributed by atoms with Gasteiger partial charge < -0.3 is 14.0 Å². The van der Waals surface area contributed by atoms with E-state index in [0.717, 1.165) is 55.4 Å². The molecular formula is C57H60IrN4OSi-2. The molecule has 0 N–H and O–H groups in total. The third-order valence-corrected chi connectivity index (χ3v) is 13.3. The Balaban J connectivity index is 0.000000220. The molecule has 0 spiro atoms. The summed E-state index contributed by atoms with van der Waals surface area (Å²) in [6.45, 7) is 21.2. The van der Waals surface area contributed by atoms with E-state index in [9.17, 15) is 0 Å². The first kappa shape index (κ1) is 40.1. The molecule has 7 heteroatoms. The Morgan fingerprint density at radius 3 is 2.14 bits per heavy atom. The number of aromatic nitrogens is 4. The summed E-state index contributed by atoms with van der Waals surface area (Å²) in [7, 11) is -1.81. The predicted molar refractivity (Wildman–Crippen MR) is 268 cm³/mol. The van der Waals surface area contributed by atoms with Crippen molar-refractivity contribution in [1.29, 1.82) is 0 Å². The number of benzene rings is 5. The molecule has 0 atom stereocenters. The molecule has 1 radical (unpaired) electrons. The van der Waals surface area contributed by atoms with Crippen LogP contribution >= 0.6 is 0 Å². The van der Waals surface area contributed by atoms with Gasteiger partial charge in [-0.2, -0.15) is 0 Å². The summed E-state index contributed by atoms with van der Waals surface area (Å²) in [6.07, 6.45) is 0.269. The summed E-state index contributed by atoms with van der Waals surface area (Å²) in [6, 6.07) is 44.8. The van der Waals surface area contributed by atoms with E-state index in [-0.39, 0.29) is 37.5 Å². The van der Waals surface area contributed by atoms with E-state index in [2.05, 4.69) is 136 Å². The molecule has 9 rings (SSSR count). The Bertz CT molecular complexity index is 3260. The minimum atomic E-state index is -2.17. The van der Waals surface area contributed by atoms with Crippen LogP contribution in [0.2, 0.25) is 19.6 Å². The fourth-order valence-electron chi connectivity index (χ4n) is 8.22. The second-order valence-electron chi connectivity index (χ2n) is 19.2. The van der Waals surface area contributed by atoms with Gasteiger partial charge in [0.1, 0.15) is 5.58 Å². The maximum Gasteiger partial charge on any atom is 0.168 e. The van der Waals surface area contributed by atoms with Crippen molar-refractivity contribution in [3.8, 4) is 39.5 Å². The summed E-state index contributed by atoms with van der Waals surface area (Å²) < 4.78 is 48.8. The van der Waals surface area contributed by atoms with Gasteiger partial charge in [-0.05, 0) is 94.0 Å². The molecular weight excluding hydrogens is 977 g/mol. The van der Waals surface area contributed by atoms with Crippen LogP contribution in [-0.4, -0.2) is 27.6 Å². The van der Waals surface area contributed by atoms with Gasteiger partial charge in [-0.3, -0.25) is 4.98 Å². The normalized spacial score (nSPS) is 13.5. The molecule has 64 heavy (non-hydrogen) atoms. The average Bonchev–Trinajstić information content (AvgIpc) is 3.86. The Hall–Kier alpha value is -5.46. The zero-order valence-electron chi connectivity index (χ0n) is 43.7. The second kappa shape index (κ2) is 18.6. The molecule has 4 heterocycles. The Kier molecular flexibility index (Phi) is 11.6. The number of pyridine rings is 2. The standard InChI is InChI=1S/C37H32N3O.C20H28NSi.Ir/c1-22(2)30-20-26(25-12-7-6-8-13-25)21-31(23(3)4)34(30)40-32-19-18-24(5)38-36(32)39-37(40)29-16-11-15-28-27-14-9-10-17-33(27)41-35(28)29;1-15-8-10-16(11-9-15)18-12-17(13-20(2,3)4)19(14-21-18)22(5,6)7;/h6-15,17-23H,1-5H3;8-10,12,14H,13H2,1-7H3;/q2*-1;/i;1D3,13D2;. The summed E-state index contributed by atoms with van der Waals surface area (Å²) >= 11 is 0. The quantitative estimate of drug-likeness (QED) is 0.112. The first-order valence-corrected chi connectivity index (χ1v) is 25.4. The molecule has 0 aliphatic rings. The minimum Gasteiger partial charge on any atom is -0.501 e. The number of hydrogen-bond donors (Lipinski definition) is 0. The summed E-state index contributed by atoms with van der Waals surface area (Å²) in [5, 5.41) is 3.15. The van der Waals surface area contributed by atoms with Crippen molar-refractivity contribution in [2.45, 2.75) is 100 Å². The van der Waals surface area contributed by atoms with Crippen LogP contribution in [0.3, 0.4) is 0 Å². The molecule has 0 aliphatic carbocycles. The van der Waals surface area contributed by atoms with Crippen LogP contribution in [0.5, 0.6) is 0 Å². The molecule has 5 aromatic carbocycles. The first-order chi connectivity index (χ1) is 32.0. The van der Waals surface area contributed by atoms with E-state index < -0.39 is 26.7 Å². The number of furan rings is 1. The Labute approximate surface area is 401 Å². The number of hydrogen-bond acceptors (Lipinski definition) is 4. The van der Waals surface area contributed by atoms with Crippen LogP contribution in [-0.2, 0) is 26.5 Å². The van der Waals surface area contributed by atoms with Crippen LogP contribution < -0.4 is 5.19 Å². The second-order valence-corrected chi connectivity index (χ2v) is 24.2. The molecule has 0 aliphatic heterocycles.